The fourth-order valence-corrected chi connectivity index (χ4v) is 1.62. The molecule has 1 N–H and O–H groups in total. The quantitative estimate of drug-likeness (QED) is 0.734. The Kier molecular flexibility index (Phi) is 3.02. The molecule has 0 unspecified atom stereocenters. The lowest BCUT2D eigenvalue weighted by atomic mass is 10.0. The summed E-state index contributed by atoms with van der Waals surface area (Å²) in [7, 11) is 7.58. The molecule has 2 nitrogen and oxygen atoms in total. The number of pyridine rings is 1. The van der Waals surface area contributed by atoms with E-state index < -0.39 is 0 Å². The Balaban J connectivity index is 2.34. The fourth-order valence-electron chi connectivity index (χ4n) is 1.62. The smallest absolute Gasteiger partial charge is 0.141 e. The molecule has 2 aromatic rings. The van der Waals surface area contributed by atoms with Crippen molar-refractivity contribution in [2.24, 2.45) is 0 Å². The molecule has 1 aromatic carbocycles. The molecule has 0 bridgehead atoms. The number of aromatic nitrogens is 1. The zero-order valence-electron chi connectivity index (χ0n) is 8.83. The first kappa shape index (κ1) is 10.2. The van der Waals surface area contributed by atoms with Gasteiger partial charge in [0.1, 0.15) is 7.85 Å². The van der Waals surface area contributed by atoms with E-state index in [0.29, 0.717) is 5.59 Å². The molecule has 74 valence electrons. The lowest BCUT2D eigenvalue weighted by molar-refractivity contribution is 0.792. The van der Waals surface area contributed by atoms with Crippen molar-refractivity contribution in [2.45, 2.75) is 6.42 Å². The molecule has 3 heteroatoms. The van der Waals surface area contributed by atoms with Crippen LogP contribution in [0.25, 0.3) is 10.9 Å². The summed E-state index contributed by atoms with van der Waals surface area (Å²) in [6, 6.07) is 10.1. The zero-order valence-corrected chi connectivity index (χ0v) is 8.83. The third-order valence-corrected chi connectivity index (χ3v) is 2.44. The van der Waals surface area contributed by atoms with Crippen LogP contribution in [-0.2, 0) is 6.42 Å². The Morgan fingerprint density at radius 1 is 1.27 bits per heavy atom. The van der Waals surface area contributed by atoms with E-state index in [4.69, 9.17) is 7.85 Å². The molecule has 1 aromatic heterocycles. The minimum Gasteiger partial charge on any atom is -0.319 e. The molecular formula is C12H13BN2. The van der Waals surface area contributed by atoms with Crippen molar-refractivity contribution in [3.8, 4) is 0 Å². The van der Waals surface area contributed by atoms with E-state index in [1.165, 1.54) is 5.56 Å². The fraction of sp³-hybridized carbons (Fsp3) is 0.250. The van der Waals surface area contributed by atoms with Gasteiger partial charge < -0.3 is 5.32 Å². The summed E-state index contributed by atoms with van der Waals surface area (Å²) >= 11 is 0. The topological polar surface area (TPSA) is 24.9 Å². The van der Waals surface area contributed by atoms with Crippen molar-refractivity contribution in [3.05, 3.63) is 35.9 Å². The molecule has 0 fully saturated rings. The van der Waals surface area contributed by atoms with Crippen LogP contribution < -0.4 is 10.9 Å². The van der Waals surface area contributed by atoms with Gasteiger partial charge in [0, 0.05) is 5.39 Å². The van der Waals surface area contributed by atoms with Gasteiger partial charge in [0.05, 0.1) is 5.52 Å². The van der Waals surface area contributed by atoms with Crippen LogP contribution in [0.4, 0.5) is 0 Å². The molecule has 0 amide bonds. The highest BCUT2D eigenvalue weighted by Gasteiger charge is 1.97. The Morgan fingerprint density at radius 2 is 2.13 bits per heavy atom. The van der Waals surface area contributed by atoms with Crippen molar-refractivity contribution in [2.75, 3.05) is 13.6 Å². The van der Waals surface area contributed by atoms with Gasteiger partial charge in [-0.3, -0.25) is 4.98 Å². The normalized spacial score (nSPS) is 10.7. The molecule has 0 aliphatic carbocycles. The Hall–Kier alpha value is -1.35. The van der Waals surface area contributed by atoms with Crippen molar-refractivity contribution in [1.29, 1.82) is 0 Å². The first-order valence-electron chi connectivity index (χ1n) is 5.09. The van der Waals surface area contributed by atoms with Crippen molar-refractivity contribution >= 4 is 24.3 Å². The van der Waals surface area contributed by atoms with Crippen LogP contribution in [0.1, 0.15) is 5.56 Å². The van der Waals surface area contributed by atoms with Crippen LogP contribution in [0.2, 0.25) is 0 Å². The molecular weight excluding hydrogens is 183 g/mol. The van der Waals surface area contributed by atoms with E-state index in [-0.39, 0.29) is 0 Å². The van der Waals surface area contributed by atoms with Crippen molar-refractivity contribution < 1.29 is 0 Å². The molecule has 0 saturated carbocycles. The predicted molar refractivity (Wildman–Crippen MR) is 64.8 cm³/mol. The van der Waals surface area contributed by atoms with Crippen molar-refractivity contribution in [1.82, 2.24) is 10.3 Å². The second-order valence-corrected chi connectivity index (χ2v) is 3.62. The van der Waals surface area contributed by atoms with Crippen LogP contribution in [0.5, 0.6) is 0 Å². The predicted octanol–water partition coefficient (Wildman–Crippen LogP) is 0.790. The lowest BCUT2D eigenvalue weighted by Crippen LogP contribution is -2.10. The molecule has 0 spiro atoms. The second-order valence-electron chi connectivity index (χ2n) is 3.62. The molecule has 15 heavy (non-hydrogen) atoms. The second kappa shape index (κ2) is 4.45. The molecule has 2 rings (SSSR count). The molecule has 0 atom stereocenters. The largest absolute Gasteiger partial charge is 0.319 e. The van der Waals surface area contributed by atoms with E-state index in [2.05, 4.69) is 22.4 Å². The van der Waals surface area contributed by atoms with Gasteiger partial charge in [-0.05, 0) is 43.3 Å². The van der Waals surface area contributed by atoms with Crippen LogP contribution in [0.15, 0.2) is 30.3 Å². The SMILES string of the molecule is [B]c1ccc2cc(CCNC)ccc2n1. The molecule has 0 saturated heterocycles. The maximum absolute atomic E-state index is 5.62. The minimum atomic E-state index is 0.575. The Labute approximate surface area is 91.1 Å². The third kappa shape index (κ3) is 2.36. The summed E-state index contributed by atoms with van der Waals surface area (Å²) in [5.41, 5.74) is 2.86. The van der Waals surface area contributed by atoms with E-state index in [1.807, 2.05) is 25.2 Å². The number of benzene rings is 1. The summed E-state index contributed by atoms with van der Waals surface area (Å²) in [5.74, 6) is 0. The first-order chi connectivity index (χ1) is 7.29. The van der Waals surface area contributed by atoms with Gasteiger partial charge in [0.2, 0.25) is 0 Å². The minimum absolute atomic E-state index is 0.575. The summed E-state index contributed by atoms with van der Waals surface area (Å²) < 4.78 is 0. The van der Waals surface area contributed by atoms with E-state index in [0.717, 1.165) is 23.9 Å². The van der Waals surface area contributed by atoms with Crippen molar-refractivity contribution in [3.63, 3.8) is 0 Å². The number of rotatable bonds is 3. The standard InChI is InChI=1S/C12H13BN2/c1-14-7-6-9-2-4-11-10(8-9)3-5-12(13)15-11/h2-5,8,14H,6-7H2,1H3. The molecule has 2 radical (unpaired) electrons. The molecule has 1 heterocycles. The van der Waals surface area contributed by atoms with E-state index >= 15 is 0 Å². The first-order valence-corrected chi connectivity index (χ1v) is 5.09. The maximum atomic E-state index is 5.62. The van der Waals surface area contributed by atoms with Gasteiger partial charge in [-0.2, -0.15) is 0 Å². The third-order valence-electron chi connectivity index (χ3n) is 2.44. The average molecular weight is 196 g/mol. The summed E-state index contributed by atoms with van der Waals surface area (Å²) in [6.45, 7) is 0.994. The van der Waals surface area contributed by atoms with Gasteiger partial charge in [-0.25, -0.2) is 0 Å². The van der Waals surface area contributed by atoms with Gasteiger partial charge >= 0.3 is 0 Å². The number of fused-ring (bicyclic) bond motifs is 1. The average Bonchev–Trinajstić information content (AvgIpc) is 2.26. The molecule has 0 aliphatic rings. The highest BCUT2D eigenvalue weighted by Crippen LogP contribution is 2.12. The van der Waals surface area contributed by atoms with Gasteiger partial charge in [-0.1, -0.05) is 18.2 Å². The number of hydrogen-bond acceptors (Lipinski definition) is 2. The Morgan fingerprint density at radius 3 is 2.93 bits per heavy atom. The maximum Gasteiger partial charge on any atom is 0.141 e. The van der Waals surface area contributed by atoms with Crippen LogP contribution >= 0.6 is 0 Å². The molecule has 0 aliphatic heterocycles. The zero-order chi connectivity index (χ0) is 10.7. The monoisotopic (exact) mass is 196 g/mol. The summed E-state index contributed by atoms with van der Waals surface area (Å²) in [6.07, 6.45) is 1.04. The number of nitrogens with zero attached hydrogens (tertiary/aromatic N) is 1. The number of hydrogen-bond donors (Lipinski definition) is 1. The summed E-state index contributed by atoms with van der Waals surface area (Å²) in [4.78, 5) is 4.26. The summed E-state index contributed by atoms with van der Waals surface area (Å²) in [5, 5.41) is 4.29. The number of nitrogens with one attached hydrogen (secondary N) is 1. The van der Waals surface area contributed by atoms with E-state index in [1.54, 1.807) is 0 Å². The highest BCUT2D eigenvalue weighted by molar-refractivity contribution is 6.31. The number of likely N-dealkylation sites (N-methyl/N-ethyl adjacent to an activating group) is 1. The van der Waals surface area contributed by atoms with E-state index in [9.17, 15) is 0 Å². The van der Waals surface area contributed by atoms with Gasteiger partial charge in [0.15, 0.2) is 0 Å². The lowest BCUT2D eigenvalue weighted by Gasteiger charge is -2.03. The highest BCUT2D eigenvalue weighted by atomic mass is 14.8. The van der Waals surface area contributed by atoms with Crippen LogP contribution in [0.3, 0.4) is 0 Å². The van der Waals surface area contributed by atoms with Gasteiger partial charge in [0.25, 0.3) is 0 Å². The van der Waals surface area contributed by atoms with Crippen LogP contribution in [-0.4, -0.2) is 26.4 Å². The Bertz CT molecular complexity index is 468. The van der Waals surface area contributed by atoms with Gasteiger partial charge in [-0.15, -0.1) is 0 Å². The van der Waals surface area contributed by atoms with Crippen LogP contribution in [0, 0.1) is 0 Å².